The van der Waals surface area contributed by atoms with Crippen LogP contribution in [-0.2, 0) is 0 Å². The average Bonchev–Trinajstić information content (AvgIpc) is 3.03. The van der Waals surface area contributed by atoms with Crippen molar-refractivity contribution in [2.24, 2.45) is 58.2 Å². The van der Waals surface area contributed by atoms with Gasteiger partial charge in [0.05, 0.1) is 6.10 Å². The second-order valence-corrected chi connectivity index (χ2v) is 13.1. The van der Waals surface area contributed by atoms with Crippen molar-refractivity contribution in [1.29, 1.82) is 0 Å². The van der Waals surface area contributed by atoms with E-state index in [1.165, 1.54) is 57.8 Å². The summed E-state index contributed by atoms with van der Waals surface area (Å²) in [6, 6.07) is 0. The third-order valence-corrected chi connectivity index (χ3v) is 11.6. The quantitative estimate of drug-likeness (QED) is 0.499. The van der Waals surface area contributed by atoms with Gasteiger partial charge in [-0.15, -0.1) is 0 Å². The molecule has 4 fully saturated rings. The molecule has 0 aromatic carbocycles. The first kappa shape index (κ1) is 22.2. The Bertz CT molecular complexity index is 569. The molecule has 1 heteroatoms. The van der Waals surface area contributed by atoms with Crippen molar-refractivity contribution in [2.75, 3.05) is 0 Å². The summed E-state index contributed by atoms with van der Waals surface area (Å²) in [4.78, 5) is 0. The number of rotatable bonds is 5. The highest BCUT2D eigenvalue weighted by Gasteiger charge is 2.60. The summed E-state index contributed by atoms with van der Waals surface area (Å²) in [7, 11) is 0. The van der Waals surface area contributed by atoms with Gasteiger partial charge in [0.25, 0.3) is 0 Å². The van der Waals surface area contributed by atoms with E-state index < -0.39 is 0 Å². The zero-order chi connectivity index (χ0) is 21.0. The van der Waals surface area contributed by atoms with E-state index in [1.807, 2.05) is 0 Å². The fourth-order valence-corrected chi connectivity index (χ4v) is 9.27. The SMILES string of the molecule is CC(C)[C@H](C)CC[C@@H](C)[C@@H]1CC[C@@H]2[C@@H]3CC[C@H]4C[C@H](O)CC[C@@]4(C)[C@H]3CC[C@]21C. The molecular weight excluding hydrogens is 352 g/mol. The van der Waals surface area contributed by atoms with Crippen LogP contribution in [-0.4, -0.2) is 11.2 Å². The van der Waals surface area contributed by atoms with Gasteiger partial charge in [0, 0.05) is 0 Å². The largest absolute Gasteiger partial charge is 0.393 e. The first-order valence-electron chi connectivity index (χ1n) is 13.3. The van der Waals surface area contributed by atoms with Gasteiger partial charge in [0.2, 0.25) is 0 Å². The predicted octanol–water partition coefficient (Wildman–Crippen LogP) is 7.71. The van der Waals surface area contributed by atoms with Crippen molar-refractivity contribution in [2.45, 2.75) is 118 Å². The number of fused-ring (bicyclic) bond motifs is 5. The molecule has 1 N–H and O–H groups in total. The smallest absolute Gasteiger partial charge is 0.0543 e. The maximum atomic E-state index is 10.3. The maximum absolute atomic E-state index is 10.3. The van der Waals surface area contributed by atoms with Gasteiger partial charge < -0.3 is 5.11 Å². The zero-order valence-corrected chi connectivity index (χ0v) is 20.4. The maximum Gasteiger partial charge on any atom is 0.0543 e. The van der Waals surface area contributed by atoms with Crippen LogP contribution in [0.2, 0.25) is 0 Å². The molecule has 168 valence electrons. The molecule has 4 aliphatic carbocycles. The van der Waals surface area contributed by atoms with E-state index in [1.54, 1.807) is 0 Å². The van der Waals surface area contributed by atoms with Gasteiger partial charge in [-0.3, -0.25) is 0 Å². The zero-order valence-electron chi connectivity index (χ0n) is 20.4. The molecular formula is C28H50O. The summed E-state index contributed by atoms with van der Waals surface area (Å²) in [5.41, 5.74) is 1.14. The molecule has 0 heterocycles. The van der Waals surface area contributed by atoms with Gasteiger partial charge in [-0.25, -0.2) is 0 Å². The summed E-state index contributed by atoms with van der Waals surface area (Å²) in [6.07, 6.45) is 15.1. The Morgan fingerprint density at radius 1 is 0.793 bits per heavy atom. The van der Waals surface area contributed by atoms with E-state index in [2.05, 4.69) is 41.5 Å². The molecule has 0 aromatic heterocycles. The summed E-state index contributed by atoms with van der Waals surface area (Å²) < 4.78 is 0. The van der Waals surface area contributed by atoms with Gasteiger partial charge in [0.15, 0.2) is 0 Å². The Balaban J connectivity index is 1.46. The summed E-state index contributed by atoms with van der Waals surface area (Å²) in [6.45, 7) is 15.2. The highest BCUT2D eigenvalue weighted by molar-refractivity contribution is 5.09. The number of hydrogen-bond acceptors (Lipinski definition) is 1. The number of aliphatic hydroxyl groups is 1. The van der Waals surface area contributed by atoms with Crippen molar-refractivity contribution in [3.05, 3.63) is 0 Å². The second-order valence-electron chi connectivity index (χ2n) is 13.1. The van der Waals surface area contributed by atoms with Crippen molar-refractivity contribution in [3.63, 3.8) is 0 Å². The van der Waals surface area contributed by atoms with Gasteiger partial charge in [-0.2, -0.15) is 0 Å². The number of hydrogen-bond donors (Lipinski definition) is 1. The van der Waals surface area contributed by atoms with Gasteiger partial charge >= 0.3 is 0 Å². The van der Waals surface area contributed by atoms with Crippen LogP contribution in [0.25, 0.3) is 0 Å². The molecule has 29 heavy (non-hydrogen) atoms. The summed E-state index contributed by atoms with van der Waals surface area (Å²) >= 11 is 0. The topological polar surface area (TPSA) is 20.2 Å². The van der Waals surface area contributed by atoms with Crippen LogP contribution < -0.4 is 0 Å². The Morgan fingerprint density at radius 2 is 1.48 bits per heavy atom. The lowest BCUT2D eigenvalue weighted by Crippen LogP contribution is -2.54. The summed E-state index contributed by atoms with van der Waals surface area (Å²) in [5, 5.41) is 10.3. The molecule has 4 rings (SSSR count). The Morgan fingerprint density at radius 3 is 2.21 bits per heavy atom. The Hall–Kier alpha value is -0.0400. The van der Waals surface area contributed by atoms with E-state index in [9.17, 15) is 5.11 Å². The van der Waals surface area contributed by atoms with Crippen LogP contribution in [0, 0.1) is 58.2 Å². The molecule has 4 aliphatic rings. The Kier molecular flexibility index (Phi) is 6.22. The molecule has 0 saturated heterocycles. The van der Waals surface area contributed by atoms with Crippen LogP contribution in [0.15, 0.2) is 0 Å². The molecule has 0 radical (unpaired) electrons. The molecule has 4 saturated carbocycles. The second kappa shape index (κ2) is 8.14. The lowest BCUT2D eigenvalue weighted by atomic mass is 9.44. The van der Waals surface area contributed by atoms with Crippen LogP contribution in [0.5, 0.6) is 0 Å². The monoisotopic (exact) mass is 402 g/mol. The van der Waals surface area contributed by atoms with E-state index in [-0.39, 0.29) is 6.10 Å². The summed E-state index contributed by atoms with van der Waals surface area (Å²) in [5.74, 6) is 7.28. The minimum absolute atomic E-state index is 0.0107. The first-order valence-corrected chi connectivity index (χ1v) is 13.3. The van der Waals surface area contributed by atoms with Crippen molar-refractivity contribution >= 4 is 0 Å². The normalized spacial score (nSPS) is 49.2. The highest BCUT2D eigenvalue weighted by Crippen LogP contribution is 2.68. The predicted molar refractivity (Wildman–Crippen MR) is 124 cm³/mol. The van der Waals surface area contributed by atoms with Gasteiger partial charge in [-0.05, 0) is 116 Å². The van der Waals surface area contributed by atoms with E-state index in [4.69, 9.17) is 0 Å². The van der Waals surface area contributed by atoms with Crippen molar-refractivity contribution in [3.8, 4) is 0 Å². The molecule has 1 nitrogen and oxygen atoms in total. The fourth-order valence-electron chi connectivity index (χ4n) is 9.27. The molecule has 0 aromatic rings. The van der Waals surface area contributed by atoms with E-state index >= 15 is 0 Å². The van der Waals surface area contributed by atoms with Crippen LogP contribution in [0.1, 0.15) is 112 Å². The molecule has 0 bridgehead atoms. The minimum atomic E-state index is -0.0107. The fraction of sp³-hybridized carbons (Fsp3) is 1.00. The third-order valence-electron chi connectivity index (χ3n) is 11.6. The lowest BCUT2D eigenvalue weighted by molar-refractivity contribution is -0.129. The van der Waals surface area contributed by atoms with Crippen molar-refractivity contribution in [1.82, 2.24) is 0 Å². The highest BCUT2D eigenvalue weighted by atomic mass is 16.3. The van der Waals surface area contributed by atoms with Gasteiger partial charge in [-0.1, -0.05) is 54.4 Å². The molecule has 0 amide bonds. The lowest BCUT2D eigenvalue weighted by Gasteiger charge is -2.61. The third kappa shape index (κ3) is 3.74. The van der Waals surface area contributed by atoms with Crippen LogP contribution >= 0.6 is 0 Å². The standard InChI is InChI=1S/C28H50O/c1-18(2)19(3)7-8-20(4)24-11-12-25-23-10-9-21-17-22(29)13-15-27(21,5)26(23)14-16-28(24,25)6/h18-26,29H,7-17H2,1-6H3/t19-,20-,21+,22-,23+,24+,25-,26+,27-,28+/m1/s1. The average molecular weight is 403 g/mol. The molecule has 10 atom stereocenters. The minimum Gasteiger partial charge on any atom is -0.393 e. The molecule has 0 spiro atoms. The first-order chi connectivity index (χ1) is 13.7. The van der Waals surface area contributed by atoms with Crippen LogP contribution in [0.3, 0.4) is 0 Å². The van der Waals surface area contributed by atoms with E-state index in [0.717, 1.165) is 60.2 Å². The van der Waals surface area contributed by atoms with Gasteiger partial charge in [0.1, 0.15) is 0 Å². The molecule has 0 unspecified atom stereocenters. The number of aliphatic hydroxyl groups excluding tert-OH is 1. The Labute approximate surface area is 181 Å². The van der Waals surface area contributed by atoms with E-state index in [0.29, 0.717) is 10.8 Å². The van der Waals surface area contributed by atoms with Crippen molar-refractivity contribution < 1.29 is 5.11 Å². The molecule has 0 aliphatic heterocycles. The van der Waals surface area contributed by atoms with Crippen LogP contribution in [0.4, 0.5) is 0 Å².